The van der Waals surface area contributed by atoms with Crippen LogP contribution in [0.5, 0.6) is 0 Å². The summed E-state index contributed by atoms with van der Waals surface area (Å²) in [5, 5.41) is 0.969. The topological polar surface area (TPSA) is 56.0 Å². The molecular weight excluding hydrogens is 248 g/mol. The van der Waals surface area contributed by atoms with E-state index in [1.165, 1.54) is 0 Å². The van der Waals surface area contributed by atoms with Gasteiger partial charge in [-0.1, -0.05) is 42.5 Å². The minimum Gasteiger partial charge on any atom is -0.326 e. The van der Waals surface area contributed by atoms with Crippen molar-refractivity contribution in [3.63, 3.8) is 0 Å². The van der Waals surface area contributed by atoms with Crippen molar-refractivity contribution in [2.45, 2.75) is 6.54 Å². The van der Waals surface area contributed by atoms with Gasteiger partial charge in [-0.15, -0.1) is 0 Å². The van der Waals surface area contributed by atoms with Crippen LogP contribution in [0.2, 0.25) is 0 Å². The number of para-hydroxylation sites is 1. The molecule has 2 aromatic carbocycles. The molecule has 20 heavy (non-hydrogen) atoms. The Bertz CT molecular complexity index is 763. The van der Waals surface area contributed by atoms with Crippen LogP contribution in [0.3, 0.4) is 0 Å². The number of aromatic nitrogens is 1. The first-order valence-corrected chi connectivity index (χ1v) is 6.46. The summed E-state index contributed by atoms with van der Waals surface area (Å²) >= 11 is 0. The predicted molar refractivity (Wildman–Crippen MR) is 79.5 cm³/mol. The van der Waals surface area contributed by atoms with Crippen LogP contribution in [0.1, 0.15) is 21.5 Å². The lowest BCUT2D eigenvalue weighted by Crippen LogP contribution is -2.03. The smallest absolute Gasteiger partial charge is 0.194 e. The zero-order valence-electron chi connectivity index (χ0n) is 10.9. The molecule has 0 amide bonds. The zero-order valence-corrected chi connectivity index (χ0v) is 10.9. The SMILES string of the molecule is NCc1ccc(C(=O)c2cnc3ccccc3c2)cc1. The van der Waals surface area contributed by atoms with Gasteiger partial charge in [-0.05, 0) is 17.7 Å². The molecule has 0 saturated heterocycles. The fourth-order valence-electron chi connectivity index (χ4n) is 2.15. The summed E-state index contributed by atoms with van der Waals surface area (Å²) in [6.07, 6.45) is 1.63. The fraction of sp³-hybridized carbons (Fsp3) is 0.0588. The summed E-state index contributed by atoms with van der Waals surface area (Å²) in [6, 6.07) is 17.0. The maximum absolute atomic E-state index is 12.4. The highest BCUT2D eigenvalue weighted by Gasteiger charge is 2.10. The average Bonchev–Trinajstić information content (AvgIpc) is 2.54. The number of carbonyl (C=O) groups excluding carboxylic acids is 1. The van der Waals surface area contributed by atoms with Crippen LogP contribution >= 0.6 is 0 Å². The van der Waals surface area contributed by atoms with Crippen molar-refractivity contribution in [1.29, 1.82) is 0 Å². The minimum atomic E-state index is -0.0215. The van der Waals surface area contributed by atoms with Gasteiger partial charge in [0.25, 0.3) is 0 Å². The second kappa shape index (κ2) is 5.23. The maximum Gasteiger partial charge on any atom is 0.194 e. The maximum atomic E-state index is 12.4. The van der Waals surface area contributed by atoms with Gasteiger partial charge in [0.1, 0.15) is 0 Å². The Morgan fingerprint density at radius 3 is 2.50 bits per heavy atom. The van der Waals surface area contributed by atoms with E-state index < -0.39 is 0 Å². The highest BCUT2D eigenvalue weighted by Crippen LogP contribution is 2.16. The van der Waals surface area contributed by atoms with Crippen molar-refractivity contribution in [2.24, 2.45) is 5.73 Å². The van der Waals surface area contributed by atoms with Gasteiger partial charge < -0.3 is 5.73 Å². The fourth-order valence-corrected chi connectivity index (χ4v) is 2.15. The van der Waals surface area contributed by atoms with E-state index in [0.717, 1.165) is 16.5 Å². The molecule has 0 aliphatic heterocycles. The molecule has 0 radical (unpaired) electrons. The molecular formula is C17H14N2O. The number of hydrogen-bond acceptors (Lipinski definition) is 3. The molecule has 0 fully saturated rings. The van der Waals surface area contributed by atoms with Crippen LogP contribution in [-0.4, -0.2) is 10.8 Å². The van der Waals surface area contributed by atoms with E-state index in [1.807, 2.05) is 42.5 Å². The van der Waals surface area contributed by atoms with Gasteiger partial charge in [-0.2, -0.15) is 0 Å². The van der Waals surface area contributed by atoms with Gasteiger partial charge in [0.2, 0.25) is 0 Å². The van der Waals surface area contributed by atoms with E-state index in [4.69, 9.17) is 5.73 Å². The first-order chi connectivity index (χ1) is 9.78. The molecule has 1 aromatic heterocycles. The van der Waals surface area contributed by atoms with E-state index in [2.05, 4.69) is 4.98 Å². The number of ketones is 1. The number of nitrogens with zero attached hydrogens (tertiary/aromatic N) is 1. The number of fused-ring (bicyclic) bond motifs is 1. The number of carbonyl (C=O) groups is 1. The Kier molecular flexibility index (Phi) is 3.27. The lowest BCUT2D eigenvalue weighted by Gasteiger charge is -2.04. The molecule has 0 aliphatic carbocycles. The summed E-state index contributed by atoms with van der Waals surface area (Å²) in [4.78, 5) is 16.7. The Morgan fingerprint density at radius 1 is 1.00 bits per heavy atom. The molecule has 0 bridgehead atoms. The van der Waals surface area contributed by atoms with Crippen LogP contribution in [0.15, 0.2) is 60.8 Å². The molecule has 3 heteroatoms. The zero-order chi connectivity index (χ0) is 13.9. The molecule has 0 saturated carbocycles. The van der Waals surface area contributed by atoms with E-state index in [9.17, 15) is 4.79 Å². The van der Waals surface area contributed by atoms with Gasteiger partial charge in [0.05, 0.1) is 5.52 Å². The highest BCUT2D eigenvalue weighted by molar-refractivity contribution is 6.10. The molecule has 98 valence electrons. The van der Waals surface area contributed by atoms with Crippen molar-refractivity contribution < 1.29 is 4.79 Å². The third-order valence-corrected chi connectivity index (χ3v) is 3.30. The van der Waals surface area contributed by atoms with Crippen LogP contribution < -0.4 is 5.73 Å². The van der Waals surface area contributed by atoms with Gasteiger partial charge in [0, 0.05) is 29.3 Å². The Labute approximate surface area is 117 Å². The van der Waals surface area contributed by atoms with Gasteiger partial charge in [0.15, 0.2) is 5.78 Å². The number of benzene rings is 2. The van der Waals surface area contributed by atoms with Crippen LogP contribution in [0.25, 0.3) is 10.9 Å². The molecule has 0 aliphatic rings. The van der Waals surface area contributed by atoms with Crippen molar-refractivity contribution in [3.8, 4) is 0 Å². The van der Waals surface area contributed by atoms with Crippen molar-refractivity contribution in [2.75, 3.05) is 0 Å². The van der Waals surface area contributed by atoms with Crippen LogP contribution in [0.4, 0.5) is 0 Å². The molecule has 0 spiro atoms. The predicted octanol–water partition coefficient (Wildman–Crippen LogP) is 2.92. The van der Waals surface area contributed by atoms with Crippen LogP contribution in [-0.2, 0) is 6.54 Å². The quantitative estimate of drug-likeness (QED) is 0.738. The van der Waals surface area contributed by atoms with Crippen molar-refractivity contribution in [1.82, 2.24) is 4.98 Å². The molecule has 0 unspecified atom stereocenters. The molecule has 3 rings (SSSR count). The Balaban J connectivity index is 1.98. The second-order valence-corrected chi connectivity index (χ2v) is 4.65. The van der Waals surface area contributed by atoms with Crippen molar-refractivity contribution >= 4 is 16.7 Å². The second-order valence-electron chi connectivity index (χ2n) is 4.65. The van der Waals surface area contributed by atoms with E-state index >= 15 is 0 Å². The number of hydrogen-bond donors (Lipinski definition) is 1. The summed E-state index contributed by atoms with van der Waals surface area (Å²) in [5.41, 5.74) is 8.71. The van der Waals surface area contributed by atoms with Crippen molar-refractivity contribution in [3.05, 3.63) is 77.5 Å². The molecule has 1 heterocycles. The van der Waals surface area contributed by atoms with E-state index in [0.29, 0.717) is 17.7 Å². The first kappa shape index (κ1) is 12.5. The number of rotatable bonds is 3. The summed E-state index contributed by atoms with van der Waals surface area (Å²) in [5.74, 6) is -0.0215. The monoisotopic (exact) mass is 262 g/mol. The largest absolute Gasteiger partial charge is 0.326 e. The van der Waals surface area contributed by atoms with Gasteiger partial charge in [-0.25, -0.2) is 0 Å². The third kappa shape index (κ3) is 2.31. The number of nitrogens with two attached hydrogens (primary N) is 1. The lowest BCUT2D eigenvalue weighted by molar-refractivity contribution is 0.103. The minimum absolute atomic E-state index is 0.0215. The molecule has 3 aromatic rings. The first-order valence-electron chi connectivity index (χ1n) is 6.46. The average molecular weight is 262 g/mol. The number of pyridine rings is 1. The summed E-state index contributed by atoms with van der Waals surface area (Å²) in [6.45, 7) is 0.478. The Hall–Kier alpha value is -2.52. The molecule has 2 N–H and O–H groups in total. The highest BCUT2D eigenvalue weighted by atomic mass is 16.1. The normalized spacial score (nSPS) is 10.7. The Morgan fingerprint density at radius 2 is 1.75 bits per heavy atom. The van der Waals surface area contributed by atoms with E-state index in [-0.39, 0.29) is 5.78 Å². The van der Waals surface area contributed by atoms with Crippen LogP contribution in [0, 0.1) is 0 Å². The summed E-state index contributed by atoms with van der Waals surface area (Å²) < 4.78 is 0. The third-order valence-electron chi connectivity index (χ3n) is 3.30. The molecule has 0 atom stereocenters. The van der Waals surface area contributed by atoms with Gasteiger partial charge >= 0.3 is 0 Å². The van der Waals surface area contributed by atoms with E-state index in [1.54, 1.807) is 18.3 Å². The summed E-state index contributed by atoms with van der Waals surface area (Å²) in [7, 11) is 0. The van der Waals surface area contributed by atoms with Gasteiger partial charge in [-0.3, -0.25) is 9.78 Å². The standard InChI is InChI=1S/C17H14N2O/c18-10-12-5-7-13(8-6-12)17(20)15-9-14-3-1-2-4-16(14)19-11-15/h1-9,11H,10,18H2. The lowest BCUT2D eigenvalue weighted by atomic mass is 10.0. The molecule has 3 nitrogen and oxygen atoms in total.